The number of halogens is 1. The fourth-order valence-electron chi connectivity index (χ4n) is 3.39. The zero-order valence-electron chi connectivity index (χ0n) is 17.6. The predicted molar refractivity (Wildman–Crippen MR) is 124 cm³/mol. The molecule has 1 aliphatic heterocycles. The van der Waals surface area contributed by atoms with E-state index >= 15 is 0 Å². The number of sulfonamides is 1. The number of hydrogen-bond donors (Lipinski definition) is 1. The molecular formula is C23H18ClN3O6S. The summed E-state index contributed by atoms with van der Waals surface area (Å²) in [5.74, 6) is 0.317. The van der Waals surface area contributed by atoms with Crippen LogP contribution < -0.4 is 14.2 Å². The van der Waals surface area contributed by atoms with Crippen LogP contribution in [0.25, 0.3) is 5.65 Å². The molecule has 0 unspecified atom stereocenters. The molecule has 4 aromatic rings. The van der Waals surface area contributed by atoms with Crippen molar-refractivity contribution >= 4 is 38.9 Å². The molecule has 2 aromatic heterocycles. The van der Waals surface area contributed by atoms with Gasteiger partial charge in [0.2, 0.25) is 0 Å². The lowest BCUT2D eigenvalue weighted by atomic mass is 10.2. The van der Waals surface area contributed by atoms with Crippen LogP contribution in [-0.4, -0.2) is 37.0 Å². The Hall–Kier alpha value is -3.76. The van der Waals surface area contributed by atoms with Crippen LogP contribution in [0.2, 0.25) is 5.02 Å². The highest BCUT2D eigenvalue weighted by atomic mass is 35.5. The van der Waals surface area contributed by atoms with Gasteiger partial charge in [0.05, 0.1) is 21.2 Å². The van der Waals surface area contributed by atoms with Gasteiger partial charge < -0.3 is 18.6 Å². The van der Waals surface area contributed by atoms with E-state index in [-0.39, 0.29) is 17.1 Å². The lowest BCUT2D eigenvalue weighted by Crippen LogP contribution is -2.17. The Morgan fingerprint density at radius 2 is 1.79 bits per heavy atom. The first-order valence-corrected chi connectivity index (χ1v) is 12.1. The number of fused-ring (bicyclic) bond motifs is 2. The molecule has 0 fully saturated rings. The summed E-state index contributed by atoms with van der Waals surface area (Å²) in [6.07, 6.45) is 3.43. The topological polar surface area (TPSA) is 108 Å². The number of benzene rings is 2. The van der Waals surface area contributed by atoms with E-state index in [1.54, 1.807) is 35.0 Å². The van der Waals surface area contributed by atoms with Gasteiger partial charge in [0, 0.05) is 24.1 Å². The Bertz CT molecular complexity index is 1480. The van der Waals surface area contributed by atoms with Crippen LogP contribution in [0.5, 0.6) is 11.5 Å². The van der Waals surface area contributed by atoms with Gasteiger partial charge in [-0.2, -0.15) is 0 Å². The summed E-state index contributed by atoms with van der Waals surface area (Å²) >= 11 is 5.96. The van der Waals surface area contributed by atoms with Gasteiger partial charge in [-0.25, -0.2) is 18.2 Å². The molecular weight excluding hydrogens is 482 g/mol. The third-order valence-corrected chi connectivity index (χ3v) is 6.62. The van der Waals surface area contributed by atoms with Gasteiger partial charge >= 0.3 is 5.97 Å². The molecule has 34 heavy (non-hydrogen) atoms. The number of carbonyl (C=O) groups excluding carboxylic acids is 1. The molecule has 0 atom stereocenters. The van der Waals surface area contributed by atoms with E-state index in [2.05, 4.69) is 9.71 Å². The first-order valence-electron chi connectivity index (χ1n) is 10.2. The monoisotopic (exact) mass is 499 g/mol. The number of aromatic nitrogens is 2. The molecule has 0 aliphatic carbocycles. The number of nitrogens with one attached hydrogen (secondary N) is 1. The number of pyridine rings is 1. The number of hydrogen-bond acceptors (Lipinski definition) is 7. The molecule has 2 aromatic carbocycles. The number of ether oxygens (including phenoxy) is 3. The van der Waals surface area contributed by atoms with Crippen LogP contribution in [-0.2, 0) is 21.4 Å². The molecule has 11 heteroatoms. The highest BCUT2D eigenvalue weighted by Gasteiger charge is 2.20. The minimum Gasteiger partial charge on any atom is -0.486 e. The highest BCUT2D eigenvalue weighted by Crippen LogP contribution is 2.32. The van der Waals surface area contributed by atoms with Crippen LogP contribution in [0.4, 0.5) is 5.69 Å². The summed E-state index contributed by atoms with van der Waals surface area (Å²) in [5.41, 5.74) is 1.82. The predicted octanol–water partition coefficient (Wildman–Crippen LogP) is 3.92. The maximum Gasteiger partial charge on any atom is 0.338 e. The second-order valence-electron chi connectivity index (χ2n) is 7.41. The van der Waals surface area contributed by atoms with Gasteiger partial charge in [0.1, 0.15) is 25.5 Å². The number of rotatable bonds is 6. The standard InChI is InChI=1S/C23H18ClN3O6S/c24-16-3-8-22-25-18(13-27(22)12-16)14-33-23(28)15-1-4-17(5-2-15)26-34(29,30)19-6-7-20-21(11-19)32-10-9-31-20/h1-8,11-13,26H,9-10,14H2. The van der Waals surface area contributed by atoms with E-state index in [1.165, 1.54) is 36.4 Å². The molecule has 0 saturated carbocycles. The van der Waals surface area contributed by atoms with Gasteiger partial charge in [-0.05, 0) is 48.5 Å². The minimum atomic E-state index is -3.86. The third-order valence-electron chi connectivity index (χ3n) is 5.01. The fourth-order valence-corrected chi connectivity index (χ4v) is 4.63. The molecule has 3 heterocycles. The van der Waals surface area contributed by atoms with Crippen molar-refractivity contribution in [1.82, 2.24) is 9.38 Å². The van der Waals surface area contributed by atoms with Crippen molar-refractivity contribution in [2.24, 2.45) is 0 Å². The van der Waals surface area contributed by atoms with E-state index in [9.17, 15) is 13.2 Å². The summed E-state index contributed by atoms with van der Waals surface area (Å²) in [7, 11) is -3.86. The van der Waals surface area contributed by atoms with Gasteiger partial charge in [-0.15, -0.1) is 0 Å². The molecule has 1 N–H and O–H groups in total. The van der Waals surface area contributed by atoms with E-state index < -0.39 is 16.0 Å². The van der Waals surface area contributed by atoms with E-state index in [4.69, 9.17) is 25.8 Å². The maximum absolute atomic E-state index is 12.7. The Morgan fingerprint density at radius 3 is 2.59 bits per heavy atom. The number of carbonyl (C=O) groups is 1. The lowest BCUT2D eigenvalue weighted by molar-refractivity contribution is 0.0468. The van der Waals surface area contributed by atoms with Crippen molar-refractivity contribution in [3.8, 4) is 11.5 Å². The lowest BCUT2D eigenvalue weighted by Gasteiger charge is -2.19. The van der Waals surface area contributed by atoms with Gasteiger partial charge in [0.15, 0.2) is 11.5 Å². The van der Waals surface area contributed by atoms with E-state index in [0.29, 0.717) is 46.8 Å². The number of esters is 1. The van der Waals surface area contributed by atoms with Crippen LogP contribution >= 0.6 is 11.6 Å². The van der Waals surface area contributed by atoms with Crippen molar-refractivity contribution in [3.05, 3.63) is 83.3 Å². The Kier molecular flexibility index (Phi) is 5.76. The maximum atomic E-state index is 12.7. The van der Waals surface area contributed by atoms with Crippen LogP contribution in [0.1, 0.15) is 16.1 Å². The first kappa shape index (κ1) is 22.1. The first-order chi connectivity index (χ1) is 16.4. The zero-order valence-corrected chi connectivity index (χ0v) is 19.2. The van der Waals surface area contributed by atoms with Crippen molar-refractivity contribution < 1.29 is 27.4 Å². The van der Waals surface area contributed by atoms with E-state index in [1.807, 2.05) is 0 Å². The van der Waals surface area contributed by atoms with Crippen molar-refractivity contribution in [2.75, 3.05) is 17.9 Å². The Balaban J connectivity index is 1.23. The fraction of sp³-hybridized carbons (Fsp3) is 0.130. The molecule has 1 aliphatic rings. The summed E-state index contributed by atoms with van der Waals surface area (Å²) in [6, 6.07) is 13.8. The molecule has 5 rings (SSSR count). The summed E-state index contributed by atoms with van der Waals surface area (Å²) in [4.78, 5) is 16.8. The number of imidazole rings is 1. The van der Waals surface area contributed by atoms with Crippen molar-refractivity contribution in [1.29, 1.82) is 0 Å². The number of anilines is 1. The largest absolute Gasteiger partial charge is 0.486 e. The SMILES string of the molecule is O=C(OCc1cn2cc(Cl)ccc2n1)c1ccc(NS(=O)(=O)c2ccc3c(c2)OCCO3)cc1. The Labute approximate surface area is 199 Å². The quantitative estimate of drug-likeness (QED) is 0.400. The third kappa shape index (κ3) is 4.63. The van der Waals surface area contributed by atoms with E-state index in [0.717, 1.165) is 0 Å². The van der Waals surface area contributed by atoms with Gasteiger partial charge in [-0.1, -0.05) is 11.6 Å². The van der Waals surface area contributed by atoms with Crippen molar-refractivity contribution in [3.63, 3.8) is 0 Å². The molecule has 174 valence electrons. The molecule has 0 amide bonds. The van der Waals surface area contributed by atoms with Gasteiger partial charge in [-0.3, -0.25) is 4.72 Å². The number of nitrogens with zero attached hydrogens (tertiary/aromatic N) is 2. The highest BCUT2D eigenvalue weighted by molar-refractivity contribution is 7.92. The second-order valence-corrected chi connectivity index (χ2v) is 9.53. The second kappa shape index (κ2) is 8.88. The van der Waals surface area contributed by atoms with Gasteiger partial charge in [0.25, 0.3) is 10.0 Å². The smallest absolute Gasteiger partial charge is 0.338 e. The Morgan fingerprint density at radius 1 is 1.03 bits per heavy atom. The summed E-state index contributed by atoms with van der Waals surface area (Å²) in [6.45, 7) is 0.754. The average Bonchev–Trinajstić information content (AvgIpc) is 3.24. The summed E-state index contributed by atoms with van der Waals surface area (Å²) < 4.78 is 45.9. The van der Waals surface area contributed by atoms with Crippen LogP contribution in [0, 0.1) is 0 Å². The van der Waals surface area contributed by atoms with Crippen LogP contribution in [0.15, 0.2) is 71.9 Å². The molecule has 0 radical (unpaired) electrons. The molecule has 0 bridgehead atoms. The minimum absolute atomic E-state index is 0.0172. The molecule has 9 nitrogen and oxygen atoms in total. The normalized spacial score (nSPS) is 13.0. The molecule has 0 spiro atoms. The zero-order chi connectivity index (χ0) is 23.7. The van der Waals surface area contributed by atoms with Crippen LogP contribution in [0.3, 0.4) is 0 Å². The molecule has 0 saturated heterocycles. The summed E-state index contributed by atoms with van der Waals surface area (Å²) in [5, 5.41) is 0.568. The van der Waals surface area contributed by atoms with Crippen molar-refractivity contribution in [2.45, 2.75) is 11.5 Å². The average molecular weight is 500 g/mol.